The second-order valence-electron chi connectivity index (χ2n) is 3.71. The number of ether oxygens (including phenoxy) is 1. The van der Waals surface area contributed by atoms with Crippen LogP contribution >= 0.6 is 0 Å². The van der Waals surface area contributed by atoms with Gasteiger partial charge in [0.1, 0.15) is 0 Å². The Hall–Kier alpha value is -1.40. The average molecular weight is 244 g/mol. The molecule has 0 fully saturated rings. The molecule has 2 amide bonds. The van der Waals surface area contributed by atoms with Gasteiger partial charge in [-0.25, -0.2) is 0 Å². The van der Waals surface area contributed by atoms with Gasteiger partial charge in [0.25, 0.3) is 5.91 Å². The minimum atomic E-state index is -0.419. The predicted molar refractivity (Wildman–Crippen MR) is 63.1 cm³/mol. The molecule has 17 heavy (non-hydrogen) atoms. The van der Waals surface area contributed by atoms with Crippen molar-refractivity contribution in [3.8, 4) is 0 Å². The molecule has 0 saturated carbocycles. The number of hydrogen-bond donors (Lipinski definition) is 2. The number of nitrogens with one attached hydrogen (secondary N) is 1. The van der Waals surface area contributed by atoms with Crippen molar-refractivity contribution < 1.29 is 19.4 Å². The molecule has 0 aliphatic rings. The molecule has 1 unspecified atom stereocenters. The normalized spacial score (nSPS) is 13.1. The lowest BCUT2D eigenvalue weighted by molar-refractivity contribution is -0.122. The standard InChI is InChI=1S/C11H20N2O4/c1-9(11(16)12-8-15)6-13(2)5-4-10(7-14)17-3/h6,8,10,14H,4-5,7H2,1-3H3,(H,12,15,16)/b9-6-. The third kappa shape index (κ3) is 6.70. The zero-order valence-corrected chi connectivity index (χ0v) is 10.5. The summed E-state index contributed by atoms with van der Waals surface area (Å²) in [6.07, 6.45) is 2.45. The van der Waals surface area contributed by atoms with Crippen molar-refractivity contribution in [3.63, 3.8) is 0 Å². The maximum atomic E-state index is 11.2. The van der Waals surface area contributed by atoms with Crippen LogP contribution in [0.25, 0.3) is 0 Å². The van der Waals surface area contributed by atoms with Gasteiger partial charge >= 0.3 is 0 Å². The zero-order valence-electron chi connectivity index (χ0n) is 10.5. The van der Waals surface area contributed by atoms with E-state index in [0.717, 1.165) is 0 Å². The molecule has 0 aromatic heterocycles. The van der Waals surface area contributed by atoms with Crippen LogP contribution in [0.4, 0.5) is 0 Å². The molecule has 0 heterocycles. The van der Waals surface area contributed by atoms with Crippen molar-refractivity contribution in [2.45, 2.75) is 19.4 Å². The summed E-state index contributed by atoms with van der Waals surface area (Å²) in [5.74, 6) is -0.419. The van der Waals surface area contributed by atoms with E-state index in [1.54, 1.807) is 25.1 Å². The second-order valence-corrected chi connectivity index (χ2v) is 3.71. The third-order valence-electron chi connectivity index (χ3n) is 2.30. The number of aliphatic hydroxyl groups is 1. The smallest absolute Gasteiger partial charge is 0.254 e. The number of imide groups is 1. The Morgan fingerprint density at radius 2 is 2.24 bits per heavy atom. The van der Waals surface area contributed by atoms with E-state index in [2.05, 4.69) is 5.32 Å². The first-order valence-electron chi connectivity index (χ1n) is 5.32. The van der Waals surface area contributed by atoms with Crippen LogP contribution in [0.5, 0.6) is 0 Å². The van der Waals surface area contributed by atoms with Crippen molar-refractivity contribution in [1.82, 2.24) is 10.2 Å². The van der Waals surface area contributed by atoms with E-state index < -0.39 is 5.91 Å². The van der Waals surface area contributed by atoms with Crippen molar-refractivity contribution in [3.05, 3.63) is 11.8 Å². The molecule has 6 nitrogen and oxygen atoms in total. The van der Waals surface area contributed by atoms with Gasteiger partial charge in [0.15, 0.2) is 0 Å². The molecule has 0 aromatic carbocycles. The first-order chi connectivity index (χ1) is 8.04. The average Bonchev–Trinajstić information content (AvgIpc) is 2.30. The molecule has 0 spiro atoms. The van der Waals surface area contributed by atoms with E-state index in [1.807, 2.05) is 7.05 Å². The Kier molecular flexibility index (Phi) is 8.00. The van der Waals surface area contributed by atoms with Gasteiger partial charge < -0.3 is 14.7 Å². The highest BCUT2D eigenvalue weighted by Gasteiger charge is 2.07. The van der Waals surface area contributed by atoms with Gasteiger partial charge in [-0.15, -0.1) is 0 Å². The summed E-state index contributed by atoms with van der Waals surface area (Å²) in [5.41, 5.74) is 0.442. The summed E-state index contributed by atoms with van der Waals surface area (Å²) in [4.78, 5) is 23.1. The highest BCUT2D eigenvalue weighted by Crippen LogP contribution is 2.01. The summed E-state index contributed by atoms with van der Waals surface area (Å²) >= 11 is 0. The van der Waals surface area contributed by atoms with Gasteiger partial charge in [-0.3, -0.25) is 14.9 Å². The molecular formula is C11H20N2O4. The van der Waals surface area contributed by atoms with Crippen molar-refractivity contribution in [2.24, 2.45) is 0 Å². The van der Waals surface area contributed by atoms with Crippen LogP contribution < -0.4 is 5.32 Å². The van der Waals surface area contributed by atoms with E-state index in [-0.39, 0.29) is 12.7 Å². The second kappa shape index (κ2) is 8.72. The van der Waals surface area contributed by atoms with Crippen LogP contribution in [0.15, 0.2) is 11.8 Å². The molecule has 0 aliphatic heterocycles. The molecule has 1 atom stereocenters. The molecule has 98 valence electrons. The summed E-state index contributed by atoms with van der Waals surface area (Å²) in [5, 5.41) is 11.0. The molecule has 6 heteroatoms. The maximum absolute atomic E-state index is 11.2. The minimum Gasteiger partial charge on any atom is -0.394 e. The van der Waals surface area contributed by atoms with Crippen molar-refractivity contribution >= 4 is 12.3 Å². The Balaban J connectivity index is 4.14. The van der Waals surface area contributed by atoms with E-state index in [4.69, 9.17) is 9.84 Å². The zero-order chi connectivity index (χ0) is 13.3. The highest BCUT2D eigenvalue weighted by molar-refractivity contribution is 5.98. The van der Waals surface area contributed by atoms with Gasteiger partial charge in [0.2, 0.25) is 6.41 Å². The molecule has 0 aromatic rings. The van der Waals surface area contributed by atoms with Gasteiger partial charge in [-0.2, -0.15) is 0 Å². The summed E-state index contributed by atoms with van der Waals surface area (Å²) in [6.45, 7) is 2.23. The van der Waals surface area contributed by atoms with Gasteiger partial charge in [-0.05, 0) is 13.3 Å². The highest BCUT2D eigenvalue weighted by atomic mass is 16.5. The van der Waals surface area contributed by atoms with E-state index >= 15 is 0 Å². The van der Waals surface area contributed by atoms with Gasteiger partial charge in [0.05, 0.1) is 12.7 Å². The molecule has 0 bridgehead atoms. The fourth-order valence-electron chi connectivity index (χ4n) is 1.25. The lowest BCUT2D eigenvalue weighted by Crippen LogP contribution is -2.26. The van der Waals surface area contributed by atoms with Crippen LogP contribution in [0.2, 0.25) is 0 Å². The Morgan fingerprint density at radius 3 is 2.71 bits per heavy atom. The number of hydrogen-bond acceptors (Lipinski definition) is 5. The molecule has 0 aliphatic carbocycles. The number of nitrogens with zero attached hydrogens (tertiary/aromatic N) is 1. The van der Waals surface area contributed by atoms with Crippen molar-refractivity contribution in [2.75, 3.05) is 27.3 Å². The van der Waals surface area contributed by atoms with Crippen LogP contribution in [-0.2, 0) is 14.3 Å². The van der Waals surface area contributed by atoms with Crippen LogP contribution in [0.3, 0.4) is 0 Å². The molecule has 2 N–H and O–H groups in total. The lowest BCUT2D eigenvalue weighted by atomic mass is 10.2. The lowest BCUT2D eigenvalue weighted by Gasteiger charge is -2.18. The first-order valence-corrected chi connectivity index (χ1v) is 5.32. The monoisotopic (exact) mass is 244 g/mol. The molecule has 0 rings (SSSR count). The topological polar surface area (TPSA) is 78.9 Å². The number of rotatable bonds is 8. The maximum Gasteiger partial charge on any atom is 0.254 e. The van der Waals surface area contributed by atoms with Crippen LogP contribution in [0.1, 0.15) is 13.3 Å². The Bertz CT molecular complexity index is 275. The summed E-state index contributed by atoms with van der Waals surface area (Å²) < 4.78 is 5.02. The number of aliphatic hydroxyl groups excluding tert-OH is 1. The Morgan fingerprint density at radius 1 is 1.59 bits per heavy atom. The largest absolute Gasteiger partial charge is 0.394 e. The third-order valence-corrected chi connectivity index (χ3v) is 2.30. The summed E-state index contributed by atoms with van der Waals surface area (Å²) in [7, 11) is 3.35. The van der Waals surface area contributed by atoms with Gasteiger partial charge in [0, 0.05) is 32.5 Å². The van der Waals surface area contributed by atoms with E-state index in [0.29, 0.717) is 24.9 Å². The minimum absolute atomic E-state index is 0.0291. The molecule has 0 saturated heterocycles. The SMILES string of the molecule is COC(CO)CCN(C)/C=C(/C)C(=O)NC=O. The fourth-order valence-corrected chi connectivity index (χ4v) is 1.25. The van der Waals surface area contributed by atoms with Crippen LogP contribution in [0, 0.1) is 0 Å². The van der Waals surface area contributed by atoms with E-state index in [9.17, 15) is 9.59 Å². The van der Waals surface area contributed by atoms with E-state index in [1.165, 1.54) is 0 Å². The van der Waals surface area contributed by atoms with Gasteiger partial charge in [-0.1, -0.05) is 0 Å². The number of amides is 2. The Labute approximate surface area is 101 Å². The number of carbonyl (C=O) groups is 2. The van der Waals surface area contributed by atoms with Crippen LogP contribution in [-0.4, -0.2) is 55.7 Å². The number of methoxy groups -OCH3 is 1. The number of carbonyl (C=O) groups excluding carboxylic acids is 2. The molecule has 0 radical (unpaired) electrons. The first kappa shape index (κ1) is 15.6. The van der Waals surface area contributed by atoms with Crippen molar-refractivity contribution in [1.29, 1.82) is 0 Å². The quantitative estimate of drug-likeness (QED) is 0.444. The molecular weight excluding hydrogens is 224 g/mol. The fraction of sp³-hybridized carbons (Fsp3) is 0.636. The summed E-state index contributed by atoms with van der Waals surface area (Å²) in [6, 6.07) is 0. The predicted octanol–water partition coefficient (Wildman–Crippen LogP) is -0.508.